The van der Waals surface area contributed by atoms with E-state index in [1.807, 2.05) is 18.2 Å². The number of aliphatic hydroxyl groups is 3. The van der Waals surface area contributed by atoms with Gasteiger partial charge in [-0.2, -0.15) is 0 Å². The van der Waals surface area contributed by atoms with E-state index in [-0.39, 0.29) is 25.6 Å². The number of aliphatic hydroxyl groups excluding tert-OH is 3. The van der Waals surface area contributed by atoms with Crippen molar-refractivity contribution in [1.82, 2.24) is 0 Å². The molecular weight excluding hydrogens is 699 g/mol. The van der Waals surface area contributed by atoms with E-state index in [2.05, 4.69) is 55.7 Å². The highest BCUT2D eigenvalue weighted by Gasteiger charge is 2.27. The smallest absolute Gasteiger partial charge is 0.462 e. The van der Waals surface area contributed by atoms with E-state index in [0.717, 1.165) is 57.3 Å². The number of hydrogen-bond donors (Lipinski definition) is 4. The zero-order valence-corrected chi connectivity index (χ0v) is 33.9. The Bertz CT molecular complexity index is 1060. The van der Waals surface area contributed by atoms with E-state index in [9.17, 15) is 29.3 Å². The average Bonchev–Trinajstić information content (AvgIpc) is 3.13. The molecule has 0 radical (unpaired) electrons. The summed E-state index contributed by atoms with van der Waals surface area (Å²) >= 11 is 0. The summed E-state index contributed by atoms with van der Waals surface area (Å²) in [4.78, 5) is 34.8. The summed E-state index contributed by atoms with van der Waals surface area (Å²) in [5, 5.41) is 28.0. The molecule has 0 heterocycles. The van der Waals surface area contributed by atoms with Gasteiger partial charge in [0.05, 0.1) is 25.9 Å². The molecule has 308 valence electrons. The molecule has 0 aromatic carbocycles. The molecule has 3 unspecified atom stereocenters. The number of carbonyl (C=O) groups is 2. The molecule has 0 aromatic rings. The highest BCUT2D eigenvalue weighted by Crippen LogP contribution is 2.43. The van der Waals surface area contributed by atoms with Crippen LogP contribution in [0.4, 0.5) is 0 Å². The van der Waals surface area contributed by atoms with E-state index < -0.39 is 51.8 Å². The molecule has 0 aliphatic carbocycles. The van der Waals surface area contributed by atoms with Gasteiger partial charge in [-0.1, -0.05) is 134 Å². The number of allylic oxidation sites excluding steroid dienone is 7. The molecule has 11 nitrogen and oxygen atoms in total. The van der Waals surface area contributed by atoms with Crippen molar-refractivity contribution < 1.29 is 52.9 Å². The molecule has 12 heteroatoms. The van der Waals surface area contributed by atoms with Gasteiger partial charge in [-0.15, -0.1) is 0 Å². The lowest BCUT2D eigenvalue weighted by Gasteiger charge is -2.20. The fourth-order valence-corrected chi connectivity index (χ4v) is 5.88. The number of unbranched alkanes of at least 4 members (excludes halogenated alkanes) is 8. The van der Waals surface area contributed by atoms with Crippen LogP contribution in [0.1, 0.15) is 149 Å². The van der Waals surface area contributed by atoms with Crippen LogP contribution in [0.5, 0.6) is 0 Å². The lowest BCUT2D eigenvalue weighted by atomic mass is 9.99. The number of ether oxygens (including phenoxy) is 2. The molecule has 0 bridgehead atoms. The second kappa shape index (κ2) is 35.6. The summed E-state index contributed by atoms with van der Waals surface area (Å²) in [6.07, 6.45) is 31.6. The van der Waals surface area contributed by atoms with Crippen LogP contribution >= 0.6 is 7.82 Å². The normalized spacial score (nSPS) is 15.7. The number of phosphoric ester groups is 1. The van der Waals surface area contributed by atoms with Gasteiger partial charge in [-0.3, -0.25) is 18.6 Å². The summed E-state index contributed by atoms with van der Waals surface area (Å²) in [6.45, 7) is 4.39. The van der Waals surface area contributed by atoms with Crippen LogP contribution in [0.2, 0.25) is 0 Å². The van der Waals surface area contributed by atoms with Crippen LogP contribution in [-0.2, 0) is 32.7 Å². The Morgan fingerprint density at radius 3 is 1.81 bits per heavy atom. The molecule has 0 saturated carbocycles. The average molecular weight is 773 g/mol. The molecule has 4 N–H and O–H groups in total. The highest BCUT2D eigenvalue weighted by molar-refractivity contribution is 7.47. The Labute approximate surface area is 320 Å². The Balaban J connectivity index is 4.46. The van der Waals surface area contributed by atoms with E-state index in [0.29, 0.717) is 25.7 Å². The zero-order chi connectivity index (χ0) is 39.4. The minimum absolute atomic E-state index is 0.150. The van der Waals surface area contributed by atoms with Crippen LogP contribution in [0.15, 0.2) is 48.6 Å². The molecule has 0 aliphatic rings. The van der Waals surface area contributed by atoms with E-state index in [4.69, 9.17) is 19.1 Å². The van der Waals surface area contributed by atoms with Crippen molar-refractivity contribution in [2.75, 3.05) is 26.4 Å². The minimum atomic E-state index is -4.63. The number of rotatable bonds is 36. The third-order valence-corrected chi connectivity index (χ3v) is 9.53. The molecule has 0 rings (SSSR count). The van der Waals surface area contributed by atoms with Gasteiger partial charge in [-0.05, 0) is 57.3 Å². The first-order valence-electron chi connectivity index (χ1n) is 20.1. The van der Waals surface area contributed by atoms with Crippen molar-refractivity contribution >= 4 is 19.8 Å². The van der Waals surface area contributed by atoms with Crippen LogP contribution in [0.3, 0.4) is 0 Å². The highest BCUT2D eigenvalue weighted by atomic mass is 31.2. The monoisotopic (exact) mass is 772 g/mol. The van der Waals surface area contributed by atoms with Crippen LogP contribution in [-0.4, -0.2) is 76.9 Å². The summed E-state index contributed by atoms with van der Waals surface area (Å²) < 4.78 is 32.5. The van der Waals surface area contributed by atoms with Gasteiger partial charge in [0.25, 0.3) is 0 Å². The first kappa shape index (κ1) is 50.9. The zero-order valence-electron chi connectivity index (χ0n) is 33.0. The molecule has 0 aliphatic heterocycles. The van der Waals surface area contributed by atoms with Crippen molar-refractivity contribution in [3.8, 4) is 0 Å². The molecular formula is C41H73O11P. The first-order chi connectivity index (χ1) is 25.5. The maximum atomic E-state index is 12.6. The predicted octanol–water partition coefficient (Wildman–Crippen LogP) is 8.99. The Morgan fingerprint density at radius 1 is 0.660 bits per heavy atom. The van der Waals surface area contributed by atoms with Crippen LogP contribution in [0, 0.1) is 5.92 Å². The van der Waals surface area contributed by atoms with Crippen molar-refractivity contribution in [3.63, 3.8) is 0 Å². The quantitative estimate of drug-likeness (QED) is 0.0208. The fourth-order valence-electron chi connectivity index (χ4n) is 5.09. The van der Waals surface area contributed by atoms with Gasteiger partial charge in [0.2, 0.25) is 0 Å². The SMILES string of the molecule is CCCC(O)C/C=C\C/C=C\C/C=C\C/C=C\CCCC(=O)OC[C@H](COP(=O)(O)OC[C@@H](O)CO)OC(=O)CCCCCCCCCCC(C)CC. The Hall–Kier alpha value is -2.11. The molecule has 5 atom stereocenters. The van der Waals surface area contributed by atoms with Crippen molar-refractivity contribution in [1.29, 1.82) is 0 Å². The Kier molecular flexibility index (Phi) is 34.2. The van der Waals surface area contributed by atoms with Crippen LogP contribution < -0.4 is 0 Å². The van der Waals surface area contributed by atoms with Gasteiger partial charge in [0.15, 0.2) is 6.10 Å². The fraction of sp³-hybridized carbons (Fsp3) is 0.756. The van der Waals surface area contributed by atoms with Gasteiger partial charge in [-0.25, -0.2) is 4.57 Å². The Morgan fingerprint density at radius 2 is 1.21 bits per heavy atom. The van der Waals surface area contributed by atoms with Crippen molar-refractivity contribution in [3.05, 3.63) is 48.6 Å². The van der Waals surface area contributed by atoms with Crippen molar-refractivity contribution in [2.45, 2.75) is 167 Å². The third-order valence-electron chi connectivity index (χ3n) is 8.58. The van der Waals surface area contributed by atoms with Gasteiger partial charge in [0, 0.05) is 12.8 Å². The van der Waals surface area contributed by atoms with Crippen LogP contribution in [0.25, 0.3) is 0 Å². The summed E-state index contributed by atoms with van der Waals surface area (Å²) in [5.74, 6) is -0.216. The van der Waals surface area contributed by atoms with E-state index in [1.54, 1.807) is 0 Å². The largest absolute Gasteiger partial charge is 0.472 e. The lowest BCUT2D eigenvalue weighted by molar-refractivity contribution is -0.161. The van der Waals surface area contributed by atoms with Crippen molar-refractivity contribution in [2.24, 2.45) is 5.92 Å². The molecule has 0 amide bonds. The molecule has 53 heavy (non-hydrogen) atoms. The number of hydrogen-bond acceptors (Lipinski definition) is 10. The second-order valence-corrected chi connectivity index (χ2v) is 15.2. The standard InChI is InChI=1S/C41H73O11P/c1-4-27-37(43)29-24-20-16-11-9-7-6-8-10-12-17-21-25-30-40(45)49-34-39(35-51-53(47,48)50-33-38(44)32-42)52-41(46)31-26-22-18-14-13-15-19-23-28-36(3)5-2/h6,8-9,11-12,17,20,24,36-39,42-44H,4-5,7,10,13-16,18-19,21-23,25-35H2,1-3H3,(H,47,48)/b8-6-,11-9-,17-12-,24-20-/t36?,37?,38-,39+/m0/s1. The van der Waals surface area contributed by atoms with Gasteiger partial charge >= 0.3 is 19.8 Å². The summed E-state index contributed by atoms with van der Waals surface area (Å²) in [6, 6.07) is 0. The summed E-state index contributed by atoms with van der Waals surface area (Å²) in [5.41, 5.74) is 0. The molecule has 0 aromatic heterocycles. The maximum Gasteiger partial charge on any atom is 0.472 e. The predicted molar refractivity (Wildman–Crippen MR) is 211 cm³/mol. The lowest BCUT2D eigenvalue weighted by Crippen LogP contribution is -2.29. The minimum Gasteiger partial charge on any atom is -0.462 e. The number of esters is 2. The van der Waals surface area contributed by atoms with E-state index >= 15 is 0 Å². The van der Waals surface area contributed by atoms with Gasteiger partial charge < -0.3 is 29.7 Å². The first-order valence-corrected chi connectivity index (χ1v) is 21.6. The van der Waals surface area contributed by atoms with Gasteiger partial charge in [0.1, 0.15) is 12.7 Å². The topological polar surface area (TPSA) is 169 Å². The molecule has 0 saturated heterocycles. The maximum absolute atomic E-state index is 12.6. The molecule has 0 fully saturated rings. The second-order valence-electron chi connectivity index (χ2n) is 13.7. The third kappa shape index (κ3) is 35.4. The van der Waals surface area contributed by atoms with E-state index in [1.165, 1.54) is 38.5 Å². The molecule has 0 spiro atoms. The summed E-state index contributed by atoms with van der Waals surface area (Å²) in [7, 11) is -4.63. The number of carbonyl (C=O) groups excluding carboxylic acids is 2. The number of phosphoric acid groups is 1.